The number of ether oxygens (including phenoxy) is 2. The first kappa shape index (κ1) is 20.3. The van der Waals surface area contributed by atoms with Gasteiger partial charge in [0.05, 0.1) is 25.0 Å². The Bertz CT molecular complexity index is 757. The van der Waals surface area contributed by atoms with Crippen molar-refractivity contribution in [2.45, 2.75) is 32.7 Å². The second-order valence-electron chi connectivity index (χ2n) is 6.35. The van der Waals surface area contributed by atoms with Gasteiger partial charge in [-0.2, -0.15) is 0 Å². The van der Waals surface area contributed by atoms with Gasteiger partial charge < -0.3 is 20.1 Å². The summed E-state index contributed by atoms with van der Waals surface area (Å²) >= 11 is 0. The van der Waals surface area contributed by atoms with Gasteiger partial charge in [0, 0.05) is 12.5 Å². The SMILES string of the molecule is COc1ccc(OCCCC(=O)Nc2ccccc2C(=O)NC(C)C)cc1. The molecule has 2 aromatic rings. The molecule has 2 aromatic carbocycles. The van der Waals surface area contributed by atoms with Crippen LogP contribution in [-0.2, 0) is 4.79 Å². The highest BCUT2D eigenvalue weighted by atomic mass is 16.5. The van der Waals surface area contributed by atoms with Crippen LogP contribution in [0.2, 0.25) is 0 Å². The number of benzene rings is 2. The van der Waals surface area contributed by atoms with E-state index < -0.39 is 0 Å². The zero-order chi connectivity index (χ0) is 19.6. The molecule has 0 bridgehead atoms. The first-order valence-corrected chi connectivity index (χ1v) is 8.96. The van der Waals surface area contributed by atoms with Crippen molar-refractivity contribution in [1.29, 1.82) is 0 Å². The van der Waals surface area contributed by atoms with Crippen LogP contribution in [0.4, 0.5) is 5.69 Å². The molecule has 6 nitrogen and oxygen atoms in total. The Balaban J connectivity index is 1.81. The Morgan fingerprint density at radius 2 is 1.67 bits per heavy atom. The Kier molecular flexibility index (Phi) is 7.67. The lowest BCUT2D eigenvalue weighted by Gasteiger charge is -2.13. The molecule has 0 spiro atoms. The third-order valence-corrected chi connectivity index (χ3v) is 3.74. The molecule has 2 amide bonds. The number of anilines is 1. The van der Waals surface area contributed by atoms with E-state index in [1.807, 2.05) is 38.1 Å². The number of amides is 2. The van der Waals surface area contributed by atoms with E-state index in [4.69, 9.17) is 9.47 Å². The maximum Gasteiger partial charge on any atom is 0.253 e. The minimum Gasteiger partial charge on any atom is -0.497 e. The van der Waals surface area contributed by atoms with Crippen molar-refractivity contribution in [2.24, 2.45) is 0 Å². The van der Waals surface area contributed by atoms with Crippen molar-refractivity contribution in [3.8, 4) is 11.5 Å². The van der Waals surface area contributed by atoms with E-state index >= 15 is 0 Å². The molecule has 6 heteroatoms. The van der Waals surface area contributed by atoms with Crippen molar-refractivity contribution in [1.82, 2.24) is 5.32 Å². The Morgan fingerprint density at radius 3 is 2.33 bits per heavy atom. The molecular weight excluding hydrogens is 344 g/mol. The minimum atomic E-state index is -0.205. The van der Waals surface area contributed by atoms with Gasteiger partial charge in [-0.25, -0.2) is 0 Å². The van der Waals surface area contributed by atoms with E-state index in [-0.39, 0.29) is 17.9 Å². The monoisotopic (exact) mass is 370 g/mol. The summed E-state index contributed by atoms with van der Waals surface area (Å²) in [6.45, 7) is 4.21. The van der Waals surface area contributed by atoms with Crippen LogP contribution >= 0.6 is 0 Å². The third-order valence-electron chi connectivity index (χ3n) is 3.74. The zero-order valence-electron chi connectivity index (χ0n) is 16.0. The smallest absolute Gasteiger partial charge is 0.253 e. The van der Waals surface area contributed by atoms with E-state index in [1.54, 1.807) is 31.4 Å². The summed E-state index contributed by atoms with van der Waals surface area (Å²) in [6, 6.07) is 14.3. The molecule has 0 unspecified atom stereocenters. The number of hydrogen-bond acceptors (Lipinski definition) is 4. The van der Waals surface area contributed by atoms with Gasteiger partial charge in [0.25, 0.3) is 5.91 Å². The fourth-order valence-electron chi connectivity index (χ4n) is 2.44. The van der Waals surface area contributed by atoms with Crippen LogP contribution in [0.1, 0.15) is 37.0 Å². The molecule has 0 aliphatic rings. The maximum atomic E-state index is 12.2. The van der Waals surface area contributed by atoms with Crippen molar-refractivity contribution in [2.75, 3.05) is 19.0 Å². The summed E-state index contributed by atoms with van der Waals surface area (Å²) in [5.41, 5.74) is 0.964. The Hall–Kier alpha value is -3.02. The Morgan fingerprint density at radius 1 is 1.00 bits per heavy atom. The topological polar surface area (TPSA) is 76.7 Å². The van der Waals surface area contributed by atoms with E-state index in [0.29, 0.717) is 30.7 Å². The van der Waals surface area contributed by atoms with E-state index in [0.717, 1.165) is 11.5 Å². The predicted octanol–water partition coefficient (Wildman–Crippen LogP) is 3.63. The average molecular weight is 370 g/mol. The lowest BCUT2D eigenvalue weighted by molar-refractivity contribution is -0.116. The summed E-state index contributed by atoms with van der Waals surface area (Å²) in [7, 11) is 1.61. The number of rotatable bonds is 9. The highest BCUT2D eigenvalue weighted by Gasteiger charge is 2.13. The summed E-state index contributed by atoms with van der Waals surface area (Å²) in [6.07, 6.45) is 0.870. The van der Waals surface area contributed by atoms with Crippen molar-refractivity contribution < 1.29 is 19.1 Å². The van der Waals surface area contributed by atoms with Crippen LogP contribution in [0.15, 0.2) is 48.5 Å². The molecule has 144 valence electrons. The van der Waals surface area contributed by atoms with Crippen LogP contribution in [0, 0.1) is 0 Å². The fraction of sp³-hybridized carbons (Fsp3) is 0.333. The molecule has 0 fully saturated rings. The third kappa shape index (κ3) is 6.66. The number of hydrogen-bond donors (Lipinski definition) is 2. The summed E-state index contributed by atoms with van der Waals surface area (Å²) in [5, 5.41) is 5.64. The maximum absolute atomic E-state index is 12.2. The summed E-state index contributed by atoms with van der Waals surface area (Å²) in [4.78, 5) is 24.4. The molecule has 0 aliphatic carbocycles. The summed E-state index contributed by atoms with van der Waals surface area (Å²) < 4.78 is 10.7. The van der Waals surface area contributed by atoms with Crippen molar-refractivity contribution in [3.63, 3.8) is 0 Å². The van der Waals surface area contributed by atoms with Gasteiger partial charge in [-0.1, -0.05) is 12.1 Å². The van der Waals surface area contributed by atoms with Gasteiger partial charge in [0.2, 0.25) is 5.91 Å². The van der Waals surface area contributed by atoms with Gasteiger partial charge >= 0.3 is 0 Å². The zero-order valence-corrected chi connectivity index (χ0v) is 16.0. The fourth-order valence-corrected chi connectivity index (χ4v) is 2.44. The van der Waals surface area contributed by atoms with Crippen molar-refractivity contribution in [3.05, 3.63) is 54.1 Å². The van der Waals surface area contributed by atoms with Crippen LogP contribution in [0.5, 0.6) is 11.5 Å². The lowest BCUT2D eigenvalue weighted by Crippen LogP contribution is -2.31. The normalized spacial score (nSPS) is 10.4. The molecule has 0 aliphatic heterocycles. The standard InChI is InChI=1S/C21H26N2O4/c1-15(2)22-21(25)18-7-4-5-8-19(18)23-20(24)9-6-14-27-17-12-10-16(26-3)11-13-17/h4-5,7-8,10-13,15H,6,9,14H2,1-3H3,(H,22,25)(H,23,24). The average Bonchev–Trinajstić information content (AvgIpc) is 2.65. The van der Waals surface area contributed by atoms with Gasteiger partial charge in [0.15, 0.2) is 0 Å². The second-order valence-corrected chi connectivity index (χ2v) is 6.35. The largest absolute Gasteiger partial charge is 0.497 e. The number of methoxy groups -OCH3 is 1. The number of para-hydroxylation sites is 1. The molecule has 27 heavy (non-hydrogen) atoms. The van der Waals surface area contributed by atoms with Gasteiger partial charge in [-0.15, -0.1) is 0 Å². The molecule has 0 aromatic heterocycles. The Labute approximate surface area is 159 Å². The summed E-state index contributed by atoms with van der Waals surface area (Å²) in [5.74, 6) is 1.13. The quantitative estimate of drug-likeness (QED) is 0.661. The molecule has 2 N–H and O–H groups in total. The molecule has 0 saturated heterocycles. The molecular formula is C21H26N2O4. The highest BCUT2D eigenvalue weighted by molar-refractivity contribution is 6.03. The van der Waals surface area contributed by atoms with Gasteiger partial charge in [0.1, 0.15) is 11.5 Å². The first-order chi connectivity index (χ1) is 13.0. The van der Waals surface area contributed by atoms with Crippen LogP contribution < -0.4 is 20.1 Å². The van der Waals surface area contributed by atoms with Gasteiger partial charge in [-0.05, 0) is 56.7 Å². The molecule has 0 atom stereocenters. The predicted molar refractivity (Wildman–Crippen MR) is 105 cm³/mol. The minimum absolute atomic E-state index is 0.0244. The van der Waals surface area contributed by atoms with Gasteiger partial charge in [-0.3, -0.25) is 9.59 Å². The number of nitrogens with one attached hydrogen (secondary N) is 2. The highest BCUT2D eigenvalue weighted by Crippen LogP contribution is 2.18. The molecule has 2 rings (SSSR count). The van der Waals surface area contributed by atoms with Crippen molar-refractivity contribution >= 4 is 17.5 Å². The van der Waals surface area contributed by atoms with E-state index in [1.165, 1.54) is 0 Å². The van der Waals surface area contributed by atoms with E-state index in [2.05, 4.69) is 10.6 Å². The number of carbonyl (C=O) groups excluding carboxylic acids is 2. The molecule has 0 radical (unpaired) electrons. The van der Waals surface area contributed by atoms with Crippen LogP contribution in [0.25, 0.3) is 0 Å². The first-order valence-electron chi connectivity index (χ1n) is 8.96. The van der Waals surface area contributed by atoms with Crippen LogP contribution in [0.3, 0.4) is 0 Å². The number of carbonyl (C=O) groups is 2. The molecule has 0 saturated carbocycles. The second kappa shape index (κ2) is 10.2. The van der Waals surface area contributed by atoms with Crippen LogP contribution in [-0.4, -0.2) is 31.6 Å². The molecule has 0 heterocycles. The lowest BCUT2D eigenvalue weighted by atomic mass is 10.1. The van der Waals surface area contributed by atoms with E-state index in [9.17, 15) is 9.59 Å².